The topological polar surface area (TPSA) is 36.9 Å². The first kappa shape index (κ1) is 24.0. The molecule has 6 heteroatoms. The van der Waals surface area contributed by atoms with Gasteiger partial charge in [0.05, 0.1) is 22.4 Å². The Kier molecular flexibility index (Phi) is 5.05. The number of hydrogen-bond acceptors (Lipinski definition) is 4. The van der Waals surface area contributed by atoms with E-state index in [0.29, 0.717) is 0 Å². The third-order valence-corrected chi connectivity index (χ3v) is 8.95. The van der Waals surface area contributed by atoms with E-state index in [9.17, 15) is 0 Å². The number of hydrogen-bond donors (Lipinski definition) is 0. The van der Waals surface area contributed by atoms with Gasteiger partial charge in [-0.3, -0.25) is 0 Å². The van der Waals surface area contributed by atoms with Gasteiger partial charge in [0.1, 0.15) is 0 Å². The summed E-state index contributed by atoms with van der Waals surface area (Å²) < 4.78 is 26.5. The highest BCUT2D eigenvalue weighted by atomic mass is 16.7. The van der Waals surface area contributed by atoms with E-state index in [2.05, 4.69) is 116 Å². The van der Waals surface area contributed by atoms with Crippen molar-refractivity contribution in [3.05, 3.63) is 60.7 Å². The van der Waals surface area contributed by atoms with Crippen molar-refractivity contribution in [1.82, 2.24) is 0 Å². The normalized spacial score (nSPS) is 22.2. The summed E-state index contributed by atoms with van der Waals surface area (Å²) in [4.78, 5) is 0. The van der Waals surface area contributed by atoms with Crippen molar-refractivity contribution in [2.45, 2.75) is 77.8 Å². The van der Waals surface area contributed by atoms with E-state index in [4.69, 9.17) is 18.6 Å². The van der Waals surface area contributed by atoms with E-state index in [1.165, 1.54) is 0 Å². The summed E-state index contributed by atoms with van der Waals surface area (Å²) >= 11 is 0. The molecule has 0 atom stereocenters. The minimum absolute atomic E-state index is 0.438. The second kappa shape index (κ2) is 7.58. The summed E-state index contributed by atoms with van der Waals surface area (Å²) in [5.41, 5.74) is 0.368. The van der Waals surface area contributed by atoms with E-state index in [0.717, 1.165) is 43.2 Å². The average molecular weight is 480 g/mol. The van der Waals surface area contributed by atoms with Crippen LogP contribution in [0.15, 0.2) is 60.7 Å². The van der Waals surface area contributed by atoms with E-state index < -0.39 is 36.6 Å². The average Bonchev–Trinajstić information content (AvgIpc) is 3.14. The Morgan fingerprint density at radius 1 is 0.444 bits per heavy atom. The lowest BCUT2D eigenvalue weighted by molar-refractivity contribution is 0.00578. The van der Waals surface area contributed by atoms with Crippen molar-refractivity contribution in [3.63, 3.8) is 0 Å². The lowest BCUT2D eigenvalue weighted by Gasteiger charge is -2.32. The van der Waals surface area contributed by atoms with Crippen LogP contribution in [0.5, 0.6) is 0 Å². The maximum atomic E-state index is 6.63. The van der Waals surface area contributed by atoms with Gasteiger partial charge in [0.2, 0.25) is 0 Å². The van der Waals surface area contributed by atoms with E-state index >= 15 is 0 Å². The molecule has 0 unspecified atom stereocenters. The summed E-state index contributed by atoms with van der Waals surface area (Å²) in [5, 5.41) is 6.77. The van der Waals surface area contributed by atoms with Gasteiger partial charge in [-0.25, -0.2) is 0 Å². The molecule has 0 spiro atoms. The predicted molar refractivity (Wildman–Crippen MR) is 150 cm³/mol. The molecule has 2 fully saturated rings. The predicted octanol–water partition coefficient (Wildman–Crippen LogP) is 5.74. The Morgan fingerprint density at radius 2 is 0.750 bits per heavy atom. The largest absolute Gasteiger partial charge is 0.496 e. The number of rotatable bonds is 2. The molecule has 2 aliphatic heterocycles. The fraction of sp³-hybridized carbons (Fsp3) is 0.400. The molecular formula is C30H34B2O4. The quantitative estimate of drug-likeness (QED) is 0.271. The molecule has 4 nitrogen and oxygen atoms in total. The van der Waals surface area contributed by atoms with E-state index in [1.807, 2.05) is 0 Å². The van der Waals surface area contributed by atoms with Crippen LogP contribution in [0, 0.1) is 0 Å². The maximum Gasteiger partial charge on any atom is 0.496 e. The Hall–Kier alpha value is -2.37. The molecule has 2 saturated heterocycles. The molecule has 36 heavy (non-hydrogen) atoms. The van der Waals surface area contributed by atoms with Gasteiger partial charge in [0.25, 0.3) is 0 Å². The summed E-state index contributed by atoms with van der Waals surface area (Å²) in [6.07, 6.45) is 0. The maximum absolute atomic E-state index is 6.63. The Bertz CT molecular complexity index is 1380. The molecule has 0 saturated carbocycles. The highest BCUT2D eigenvalue weighted by molar-refractivity contribution is 6.72. The zero-order valence-corrected chi connectivity index (χ0v) is 22.6. The van der Waals surface area contributed by atoms with Crippen LogP contribution >= 0.6 is 0 Å². The first-order valence-electron chi connectivity index (χ1n) is 12.9. The van der Waals surface area contributed by atoms with Crippen LogP contribution in [-0.2, 0) is 18.6 Å². The van der Waals surface area contributed by atoms with Gasteiger partial charge in [-0.1, -0.05) is 48.5 Å². The molecule has 0 aromatic heterocycles. The van der Waals surface area contributed by atoms with Gasteiger partial charge in [-0.05, 0) is 111 Å². The molecule has 2 aliphatic rings. The van der Waals surface area contributed by atoms with Crippen LogP contribution < -0.4 is 10.9 Å². The molecule has 0 N–H and O–H groups in total. The third-order valence-electron chi connectivity index (χ3n) is 8.95. The lowest BCUT2D eigenvalue weighted by atomic mass is 9.68. The molecule has 0 radical (unpaired) electrons. The monoisotopic (exact) mass is 480 g/mol. The molecular weight excluding hydrogens is 446 g/mol. The Balaban J connectivity index is 1.70. The number of fused-ring (bicyclic) bond motifs is 3. The van der Waals surface area contributed by atoms with Gasteiger partial charge in [-0.15, -0.1) is 0 Å². The summed E-state index contributed by atoms with van der Waals surface area (Å²) in [5.74, 6) is 0. The first-order valence-corrected chi connectivity index (χ1v) is 12.9. The molecule has 0 amide bonds. The smallest absolute Gasteiger partial charge is 0.399 e. The minimum Gasteiger partial charge on any atom is -0.399 e. The highest BCUT2D eigenvalue weighted by Crippen LogP contribution is 2.40. The molecule has 6 rings (SSSR count). The highest BCUT2D eigenvalue weighted by Gasteiger charge is 2.54. The standard InChI is InChI=1S/C30H34B2O4/c1-27(2)28(3,4)34-31(33-27)25-21-15-11-9-13-19(21)18-24-23(25)17-20-14-10-12-16-22(20)26(24)32-35-29(5,6)30(7,8)36-32/h9-18H,1-8H3. The van der Waals surface area contributed by atoms with Gasteiger partial charge in [0.15, 0.2) is 0 Å². The van der Waals surface area contributed by atoms with Crippen molar-refractivity contribution < 1.29 is 18.6 Å². The molecule has 4 aromatic rings. The van der Waals surface area contributed by atoms with Gasteiger partial charge >= 0.3 is 14.2 Å². The van der Waals surface area contributed by atoms with Crippen LogP contribution in [0.1, 0.15) is 55.4 Å². The summed E-state index contributed by atoms with van der Waals surface area (Å²) in [6.45, 7) is 16.8. The Labute approximate surface area is 214 Å². The molecule has 184 valence electrons. The molecule has 0 aliphatic carbocycles. The zero-order valence-electron chi connectivity index (χ0n) is 22.6. The second-order valence-electron chi connectivity index (χ2n) is 12.3. The van der Waals surface area contributed by atoms with Crippen molar-refractivity contribution in [2.75, 3.05) is 0 Å². The molecule has 4 aromatic carbocycles. The van der Waals surface area contributed by atoms with E-state index in [1.54, 1.807) is 0 Å². The third kappa shape index (κ3) is 3.39. The van der Waals surface area contributed by atoms with Crippen LogP contribution in [0.2, 0.25) is 0 Å². The van der Waals surface area contributed by atoms with Crippen LogP contribution in [0.3, 0.4) is 0 Å². The Morgan fingerprint density at radius 3 is 1.08 bits per heavy atom. The van der Waals surface area contributed by atoms with Gasteiger partial charge in [0, 0.05) is 0 Å². The first-order chi connectivity index (χ1) is 16.8. The number of benzene rings is 4. The van der Waals surface area contributed by atoms with E-state index in [-0.39, 0.29) is 0 Å². The zero-order chi connectivity index (χ0) is 25.7. The minimum atomic E-state index is -0.490. The SMILES string of the molecule is CC1(C)OB(c2c3ccccc3cc3c(B4OC(C)(C)C(C)(C)O4)c4ccccc4cc23)OC1(C)C. The van der Waals surface area contributed by atoms with Gasteiger partial charge < -0.3 is 18.6 Å². The van der Waals surface area contributed by atoms with Gasteiger partial charge in [-0.2, -0.15) is 0 Å². The molecule has 2 heterocycles. The van der Waals surface area contributed by atoms with Crippen molar-refractivity contribution in [1.29, 1.82) is 0 Å². The van der Waals surface area contributed by atoms with Crippen molar-refractivity contribution in [2.24, 2.45) is 0 Å². The van der Waals surface area contributed by atoms with Crippen molar-refractivity contribution in [3.8, 4) is 0 Å². The summed E-state index contributed by atoms with van der Waals surface area (Å²) in [7, 11) is -0.980. The molecule has 0 bridgehead atoms. The second-order valence-corrected chi connectivity index (χ2v) is 12.3. The fourth-order valence-electron chi connectivity index (χ4n) is 5.37. The van der Waals surface area contributed by atoms with Crippen LogP contribution in [0.25, 0.3) is 32.3 Å². The van der Waals surface area contributed by atoms with Crippen molar-refractivity contribution >= 4 is 57.5 Å². The van der Waals surface area contributed by atoms with Crippen LogP contribution in [0.4, 0.5) is 0 Å². The fourth-order valence-corrected chi connectivity index (χ4v) is 5.37. The lowest BCUT2D eigenvalue weighted by Crippen LogP contribution is -2.41. The van der Waals surface area contributed by atoms with Crippen LogP contribution in [-0.4, -0.2) is 36.6 Å². The summed E-state index contributed by atoms with van der Waals surface area (Å²) in [6, 6.07) is 21.5.